The van der Waals surface area contributed by atoms with Gasteiger partial charge in [0, 0.05) is 33.2 Å². The molecule has 1 aromatic carbocycles. The van der Waals surface area contributed by atoms with Crippen LogP contribution in [0.2, 0.25) is 0 Å². The molecule has 1 fully saturated rings. The molecule has 0 bridgehead atoms. The van der Waals surface area contributed by atoms with Crippen LogP contribution < -0.4 is 15.4 Å². The van der Waals surface area contributed by atoms with Gasteiger partial charge in [-0.3, -0.25) is 9.89 Å². The Morgan fingerprint density at radius 2 is 1.92 bits per heavy atom. The van der Waals surface area contributed by atoms with Crippen molar-refractivity contribution in [2.75, 3.05) is 53.0 Å². The third-order valence-corrected chi connectivity index (χ3v) is 3.96. The molecule has 1 saturated heterocycles. The molecule has 0 aliphatic carbocycles. The van der Waals surface area contributed by atoms with Crippen LogP contribution in [-0.2, 0) is 4.74 Å². The first kappa shape index (κ1) is 22.0. The second kappa shape index (κ2) is 12.3. The van der Waals surface area contributed by atoms with Gasteiger partial charge in [-0.2, -0.15) is 0 Å². The number of rotatable bonds is 7. The van der Waals surface area contributed by atoms with Crippen LogP contribution in [0.4, 0.5) is 0 Å². The molecule has 1 aromatic rings. The molecule has 1 aliphatic rings. The number of benzene rings is 1. The summed E-state index contributed by atoms with van der Waals surface area (Å²) in [5.41, 5.74) is 1.23. The van der Waals surface area contributed by atoms with Crippen LogP contribution in [0.3, 0.4) is 0 Å². The van der Waals surface area contributed by atoms with Crippen molar-refractivity contribution < 1.29 is 9.47 Å². The van der Waals surface area contributed by atoms with Crippen molar-refractivity contribution in [1.29, 1.82) is 0 Å². The summed E-state index contributed by atoms with van der Waals surface area (Å²) in [7, 11) is 1.79. The standard InChI is InChI=1S/C18H30N4O2.HI/c1-15-4-6-17(7-5-15)24-16(2)14-21-18(19-3)20-8-9-22-10-12-23-13-11-22;/h4-7,16H,8-14H2,1-3H3,(H2,19,20,21);1H. The van der Waals surface area contributed by atoms with Crippen LogP contribution in [0.25, 0.3) is 0 Å². The molecule has 1 aliphatic heterocycles. The molecule has 0 amide bonds. The van der Waals surface area contributed by atoms with Gasteiger partial charge in [0.15, 0.2) is 5.96 Å². The maximum Gasteiger partial charge on any atom is 0.191 e. The molecule has 0 radical (unpaired) electrons. The lowest BCUT2D eigenvalue weighted by Crippen LogP contribution is -2.46. The van der Waals surface area contributed by atoms with Gasteiger partial charge < -0.3 is 20.1 Å². The predicted octanol–water partition coefficient (Wildman–Crippen LogP) is 1.88. The highest BCUT2D eigenvalue weighted by Gasteiger charge is 2.10. The first-order valence-electron chi connectivity index (χ1n) is 8.65. The summed E-state index contributed by atoms with van der Waals surface area (Å²) < 4.78 is 11.3. The first-order chi connectivity index (χ1) is 11.7. The number of morpholine rings is 1. The summed E-state index contributed by atoms with van der Waals surface area (Å²) in [6.07, 6.45) is 0.0606. The SMILES string of the molecule is CN=C(NCCN1CCOCC1)NCC(C)Oc1ccc(C)cc1.I. The van der Waals surface area contributed by atoms with E-state index in [1.165, 1.54) is 5.56 Å². The zero-order chi connectivity index (χ0) is 17.2. The van der Waals surface area contributed by atoms with Crippen LogP contribution in [0.15, 0.2) is 29.3 Å². The predicted molar refractivity (Wildman–Crippen MR) is 113 cm³/mol. The number of halogens is 1. The Morgan fingerprint density at radius 1 is 1.24 bits per heavy atom. The lowest BCUT2D eigenvalue weighted by atomic mass is 10.2. The van der Waals surface area contributed by atoms with E-state index in [0.717, 1.165) is 51.1 Å². The number of hydrogen-bond donors (Lipinski definition) is 2. The highest BCUT2D eigenvalue weighted by molar-refractivity contribution is 14.0. The normalized spacial score (nSPS) is 16.7. The van der Waals surface area contributed by atoms with Gasteiger partial charge >= 0.3 is 0 Å². The molecule has 2 rings (SSSR count). The minimum atomic E-state index is 0. The van der Waals surface area contributed by atoms with Gasteiger partial charge in [-0.15, -0.1) is 24.0 Å². The van der Waals surface area contributed by atoms with Crippen molar-refractivity contribution in [3.63, 3.8) is 0 Å². The number of nitrogens with zero attached hydrogens (tertiary/aromatic N) is 2. The summed E-state index contributed by atoms with van der Waals surface area (Å²) in [6.45, 7) is 10.4. The Morgan fingerprint density at radius 3 is 2.56 bits per heavy atom. The van der Waals surface area contributed by atoms with Gasteiger partial charge in [-0.1, -0.05) is 17.7 Å². The number of aliphatic imine (C=N–C) groups is 1. The van der Waals surface area contributed by atoms with Gasteiger partial charge in [-0.25, -0.2) is 0 Å². The van der Waals surface area contributed by atoms with Crippen molar-refractivity contribution in [3.05, 3.63) is 29.8 Å². The molecule has 0 saturated carbocycles. The molecule has 142 valence electrons. The number of hydrogen-bond acceptors (Lipinski definition) is 4. The van der Waals surface area contributed by atoms with E-state index in [1.807, 2.05) is 19.1 Å². The summed E-state index contributed by atoms with van der Waals surface area (Å²) in [5, 5.41) is 6.65. The van der Waals surface area contributed by atoms with Crippen molar-refractivity contribution in [2.45, 2.75) is 20.0 Å². The van der Waals surface area contributed by atoms with E-state index in [0.29, 0.717) is 6.54 Å². The summed E-state index contributed by atoms with van der Waals surface area (Å²) in [5.74, 6) is 1.70. The highest BCUT2D eigenvalue weighted by Crippen LogP contribution is 2.12. The van der Waals surface area contributed by atoms with Crippen LogP contribution in [0, 0.1) is 6.92 Å². The smallest absolute Gasteiger partial charge is 0.191 e. The summed E-state index contributed by atoms with van der Waals surface area (Å²) in [4.78, 5) is 6.65. The van der Waals surface area contributed by atoms with E-state index in [1.54, 1.807) is 7.05 Å². The number of ether oxygens (including phenoxy) is 2. The van der Waals surface area contributed by atoms with Crippen molar-refractivity contribution in [1.82, 2.24) is 15.5 Å². The minimum Gasteiger partial charge on any atom is -0.489 e. The fourth-order valence-corrected chi connectivity index (χ4v) is 2.51. The van der Waals surface area contributed by atoms with Gasteiger partial charge in [0.2, 0.25) is 0 Å². The highest BCUT2D eigenvalue weighted by atomic mass is 127. The fourth-order valence-electron chi connectivity index (χ4n) is 2.51. The van der Waals surface area contributed by atoms with E-state index in [2.05, 4.69) is 39.6 Å². The molecule has 25 heavy (non-hydrogen) atoms. The van der Waals surface area contributed by atoms with Crippen LogP contribution in [-0.4, -0.2) is 69.9 Å². The number of aryl methyl sites for hydroxylation is 1. The average molecular weight is 462 g/mol. The van der Waals surface area contributed by atoms with Crippen molar-refractivity contribution in [3.8, 4) is 5.75 Å². The van der Waals surface area contributed by atoms with Crippen molar-refractivity contribution >= 4 is 29.9 Å². The monoisotopic (exact) mass is 462 g/mol. The molecule has 0 aromatic heterocycles. The Labute approximate surface area is 168 Å². The van der Waals surface area contributed by atoms with Gasteiger partial charge in [0.25, 0.3) is 0 Å². The van der Waals surface area contributed by atoms with E-state index >= 15 is 0 Å². The topological polar surface area (TPSA) is 58.1 Å². The van der Waals surface area contributed by atoms with Gasteiger partial charge in [0.05, 0.1) is 19.8 Å². The average Bonchev–Trinajstić information content (AvgIpc) is 2.61. The van der Waals surface area contributed by atoms with Crippen LogP contribution >= 0.6 is 24.0 Å². The maximum absolute atomic E-state index is 5.90. The molecule has 2 N–H and O–H groups in total. The van der Waals surface area contributed by atoms with E-state index in [4.69, 9.17) is 9.47 Å². The maximum atomic E-state index is 5.90. The Hall–Kier alpha value is -1.06. The Kier molecular flexibility index (Phi) is 10.8. The zero-order valence-electron chi connectivity index (χ0n) is 15.5. The zero-order valence-corrected chi connectivity index (χ0v) is 17.8. The quantitative estimate of drug-likeness (QED) is 0.368. The van der Waals surface area contributed by atoms with Gasteiger partial charge in [0.1, 0.15) is 11.9 Å². The Bertz CT molecular complexity index is 504. The Balaban J connectivity index is 0.00000312. The van der Waals surface area contributed by atoms with Crippen LogP contribution in [0.1, 0.15) is 12.5 Å². The van der Waals surface area contributed by atoms with Gasteiger partial charge in [-0.05, 0) is 26.0 Å². The number of nitrogens with one attached hydrogen (secondary N) is 2. The largest absolute Gasteiger partial charge is 0.489 e. The minimum absolute atomic E-state index is 0. The molecule has 1 unspecified atom stereocenters. The summed E-state index contributed by atoms with van der Waals surface area (Å²) >= 11 is 0. The molecule has 7 heteroatoms. The molecule has 6 nitrogen and oxygen atoms in total. The second-order valence-electron chi connectivity index (χ2n) is 6.08. The lowest BCUT2D eigenvalue weighted by molar-refractivity contribution is 0.0389. The lowest BCUT2D eigenvalue weighted by Gasteiger charge is -2.26. The molecule has 0 spiro atoms. The molecular formula is C18H31IN4O2. The molecule has 1 heterocycles. The fraction of sp³-hybridized carbons (Fsp3) is 0.611. The molecular weight excluding hydrogens is 431 g/mol. The first-order valence-corrected chi connectivity index (χ1v) is 8.65. The van der Waals surface area contributed by atoms with E-state index in [9.17, 15) is 0 Å². The third kappa shape index (κ3) is 8.73. The molecule has 1 atom stereocenters. The summed E-state index contributed by atoms with van der Waals surface area (Å²) in [6, 6.07) is 8.12. The number of guanidine groups is 1. The second-order valence-corrected chi connectivity index (χ2v) is 6.08. The third-order valence-electron chi connectivity index (χ3n) is 3.96. The van der Waals surface area contributed by atoms with E-state index in [-0.39, 0.29) is 30.1 Å². The van der Waals surface area contributed by atoms with Crippen molar-refractivity contribution in [2.24, 2.45) is 4.99 Å². The van der Waals surface area contributed by atoms with E-state index < -0.39 is 0 Å². The van der Waals surface area contributed by atoms with Crippen LogP contribution in [0.5, 0.6) is 5.75 Å².